The maximum Gasteiger partial charge on any atom is 0.189 e. The summed E-state index contributed by atoms with van der Waals surface area (Å²) in [6.45, 7) is 1.16. The molecule has 1 fully saturated rings. The number of carbonyl (C=O) groups is 1. The van der Waals surface area contributed by atoms with Crippen LogP contribution in [0, 0.1) is 11.1 Å². The topological polar surface area (TPSA) is 66.7 Å². The molecule has 5 heteroatoms. The van der Waals surface area contributed by atoms with Crippen LogP contribution in [-0.2, 0) is 0 Å². The Morgan fingerprint density at radius 3 is 3.04 bits per heavy atom. The SMILES string of the molecule is COc1ccc2nccc(C(=O)C3=CC=C4C[NH+]([O-])CC[C@H]4C3)c2c1. The Hall–Kier alpha value is -2.50. The minimum absolute atomic E-state index is 0.0350. The van der Waals surface area contributed by atoms with Crippen LogP contribution in [0.1, 0.15) is 23.2 Å². The summed E-state index contributed by atoms with van der Waals surface area (Å²) in [5.74, 6) is 1.07. The van der Waals surface area contributed by atoms with Crippen LogP contribution in [0.4, 0.5) is 0 Å². The number of hydrogen-bond acceptors (Lipinski definition) is 4. The van der Waals surface area contributed by atoms with E-state index in [4.69, 9.17) is 4.74 Å². The Kier molecular flexibility index (Phi) is 4.11. The molecule has 1 aliphatic heterocycles. The van der Waals surface area contributed by atoms with Crippen molar-refractivity contribution in [3.05, 3.63) is 64.5 Å². The molecule has 128 valence electrons. The number of nitrogens with zero attached hydrogens (tertiary/aromatic N) is 1. The first kappa shape index (κ1) is 16.0. The van der Waals surface area contributed by atoms with Crippen molar-refractivity contribution in [3.63, 3.8) is 0 Å². The van der Waals surface area contributed by atoms with Crippen molar-refractivity contribution in [2.24, 2.45) is 5.92 Å². The fourth-order valence-electron chi connectivity index (χ4n) is 3.74. The number of fused-ring (bicyclic) bond motifs is 2. The summed E-state index contributed by atoms with van der Waals surface area (Å²) in [6, 6.07) is 7.34. The molecule has 1 aromatic carbocycles. The van der Waals surface area contributed by atoms with Crippen LogP contribution in [0.2, 0.25) is 0 Å². The Morgan fingerprint density at radius 1 is 1.32 bits per heavy atom. The lowest BCUT2D eigenvalue weighted by Crippen LogP contribution is -3.08. The largest absolute Gasteiger partial charge is 0.634 e. The fraction of sp³-hybridized carbons (Fsp3) is 0.300. The predicted molar refractivity (Wildman–Crippen MR) is 95.6 cm³/mol. The Labute approximate surface area is 146 Å². The molecule has 4 rings (SSSR count). The second-order valence-corrected chi connectivity index (χ2v) is 6.66. The molecule has 1 saturated heterocycles. The van der Waals surface area contributed by atoms with Crippen molar-refractivity contribution in [1.29, 1.82) is 0 Å². The molecule has 2 atom stereocenters. The monoisotopic (exact) mass is 336 g/mol. The Balaban J connectivity index is 1.71. The molecule has 2 aliphatic rings. The molecule has 5 nitrogen and oxygen atoms in total. The summed E-state index contributed by atoms with van der Waals surface area (Å²) in [5, 5.41) is 12.7. The van der Waals surface area contributed by atoms with E-state index in [2.05, 4.69) is 4.98 Å². The molecule has 0 bridgehead atoms. The van der Waals surface area contributed by atoms with Crippen LogP contribution in [0.5, 0.6) is 5.75 Å². The first-order valence-electron chi connectivity index (χ1n) is 8.54. The normalized spacial score (nSPS) is 22.8. The Morgan fingerprint density at radius 2 is 2.20 bits per heavy atom. The third kappa shape index (κ3) is 2.97. The number of quaternary nitrogens is 1. The molecule has 1 unspecified atom stereocenters. The second-order valence-electron chi connectivity index (χ2n) is 6.66. The number of ether oxygens (including phenoxy) is 1. The molecule has 25 heavy (non-hydrogen) atoms. The quantitative estimate of drug-likeness (QED) is 0.688. The van der Waals surface area contributed by atoms with Gasteiger partial charge in [-0.1, -0.05) is 12.2 Å². The highest BCUT2D eigenvalue weighted by Gasteiger charge is 2.29. The van der Waals surface area contributed by atoms with E-state index in [9.17, 15) is 10.0 Å². The van der Waals surface area contributed by atoms with E-state index < -0.39 is 0 Å². The van der Waals surface area contributed by atoms with E-state index in [1.54, 1.807) is 19.4 Å². The molecule has 0 radical (unpaired) electrons. The molecule has 2 heterocycles. The van der Waals surface area contributed by atoms with Gasteiger partial charge in [0.15, 0.2) is 5.78 Å². The van der Waals surface area contributed by atoms with Gasteiger partial charge in [0.1, 0.15) is 5.75 Å². The lowest BCUT2D eigenvalue weighted by atomic mass is 9.80. The molecular weight excluding hydrogens is 316 g/mol. The zero-order chi connectivity index (χ0) is 17.4. The summed E-state index contributed by atoms with van der Waals surface area (Å²) >= 11 is 0. The summed E-state index contributed by atoms with van der Waals surface area (Å²) < 4.78 is 5.29. The maximum atomic E-state index is 13.1. The highest BCUT2D eigenvalue weighted by Crippen LogP contribution is 2.32. The van der Waals surface area contributed by atoms with Gasteiger partial charge in [-0.2, -0.15) is 0 Å². The summed E-state index contributed by atoms with van der Waals surface area (Å²) in [5.41, 5.74) is 3.41. The van der Waals surface area contributed by atoms with Crippen molar-refractivity contribution >= 4 is 16.7 Å². The Bertz CT molecular complexity index is 901. The number of allylic oxidation sites excluding steroid dienone is 3. The van der Waals surface area contributed by atoms with Gasteiger partial charge in [0.2, 0.25) is 0 Å². The number of hydroxylamine groups is 2. The van der Waals surface area contributed by atoms with E-state index in [1.807, 2.05) is 30.4 Å². The number of carbonyl (C=O) groups excluding carboxylic acids is 1. The molecular formula is C20H20N2O3. The van der Waals surface area contributed by atoms with Crippen LogP contribution in [0.15, 0.2) is 53.8 Å². The van der Waals surface area contributed by atoms with Crippen LogP contribution < -0.4 is 9.80 Å². The van der Waals surface area contributed by atoms with E-state index >= 15 is 0 Å². The third-order valence-corrected chi connectivity index (χ3v) is 5.15. The molecule has 0 amide bonds. The average Bonchev–Trinajstić information content (AvgIpc) is 2.66. The van der Waals surface area contributed by atoms with Crippen molar-refractivity contribution < 1.29 is 14.6 Å². The lowest BCUT2D eigenvalue weighted by Gasteiger charge is -2.35. The molecule has 1 aliphatic carbocycles. The number of aromatic nitrogens is 1. The molecule has 1 N–H and O–H groups in total. The first-order chi connectivity index (χ1) is 12.2. The van der Waals surface area contributed by atoms with Crippen LogP contribution in [0.3, 0.4) is 0 Å². The minimum Gasteiger partial charge on any atom is -0.634 e. The molecule has 0 spiro atoms. The highest BCUT2D eigenvalue weighted by molar-refractivity contribution is 6.16. The molecule has 0 saturated carbocycles. The number of pyridine rings is 1. The lowest BCUT2D eigenvalue weighted by molar-refractivity contribution is -0.848. The number of benzene rings is 1. The van der Waals surface area contributed by atoms with Crippen LogP contribution >= 0.6 is 0 Å². The smallest absolute Gasteiger partial charge is 0.189 e. The second kappa shape index (κ2) is 6.43. The number of rotatable bonds is 3. The highest BCUT2D eigenvalue weighted by atomic mass is 16.5. The van der Waals surface area contributed by atoms with Crippen molar-refractivity contribution in [2.45, 2.75) is 12.8 Å². The van der Waals surface area contributed by atoms with Gasteiger partial charge in [0.25, 0.3) is 0 Å². The van der Waals surface area contributed by atoms with Gasteiger partial charge in [0, 0.05) is 29.1 Å². The number of hydrogen-bond donors (Lipinski definition) is 1. The zero-order valence-electron chi connectivity index (χ0n) is 14.1. The molecule has 1 aromatic heterocycles. The van der Waals surface area contributed by atoms with Crippen molar-refractivity contribution in [3.8, 4) is 5.75 Å². The zero-order valence-corrected chi connectivity index (χ0v) is 14.1. The third-order valence-electron chi connectivity index (χ3n) is 5.15. The number of Topliss-reactive ketones (excluding diaryl/α,β-unsaturated/α-hetero) is 1. The van der Waals surface area contributed by atoms with E-state index in [1.165, 1.54) is 5.57 Å². The van der Waals surface area contributed by atoms with Gasteiger partial charge >= 0.3 is 0 Å². The van der Waals surface area contributed by atoms with E-state index in [-0.39, 0.29) is 5.78 Å². The molecule has 2 aromatic rings. The number of nitrogens with one attached hydrogen (secondary N) is 1. The van der Waals surface area contributed by atoms with Crippen LogP contribution in [-0.4, -0.2) is 31.0 Å². The van der Waals surface area contributed by atoms with Crippen molar-refractivity contribution in [1.82, 2.24) is 4.98 Å². The number of methoxy groups -OCH3 is 1. The van der Waals surface area contributed by atoms with Gasteiger partial charge in [-0.3, -0.25) is 9.78 Å². The van der Waals surface area contributed by atoms with Gasteiger partial charge in [-0.15, -0.1) is 0 Å². The summed E-state index contributed by atoms with van der Waals surface area (Å²) in [7, 11) is 1.61. The van der Waals surface area contributed by atoms with E-state index in [0.29, 0.717) is 41.8 Å². The minimum atomic E-state index is 0.0350. The van der Waals surface area contributed by atoms with Crippen LogP contribution in [0.25, 0.3) is 10.9 Å². The van der Waals surface area contributed by atoms with E-state index in [0.717, 1.165) is 22.9 Å². The summed E-state index contributed by atoms with van der Waals surface area (Å²) in [6.07, 6.45) is 7.10. The first-order valence-corrected chi connectivity index (χ1v) is 8.54. The predicted octanol–water partition coefficient (Wildman–Crippen LogP) is 2.09. The standard InChI is InChI=1S/C20H20N2O3/c1-25-16-4-5-19-18(11-16)17(6-8-21-19)20(23)14-2-3-15-12-22(24)9-7-13(15)10-14/h2-6,8,11,13,22H,7,9-10,12H2,1H3/t13-/m0/s1. The van der Waals surface area contributed by atoms with Gasteiger partial charge in [0.05, 0.1) is 25.7 Å². The average molecular weight is 336 g/mol. The number of piperidine rings is 1. The number of ketones is 1. The fourth-order valence-corrected chi connectivity index (χ4v) is 3.74. The van der Waals surface area contributed by atoms with Crippen molar-refractivity contribution in [2.75, 3.05) is 20.2 Å². The van der Waals surface area contributed by atoms with Gasteiger partial charge in [-0.25, -0.2) is 0 Å². The maximum absolute atomic E-state index is 13.1. The summed E-state index contributed by atoms with van der Waals surface area (Å²) in [4.78, 5) is 17.5. The van der Waals surface area contributed by atoms with Gasteiger partial charge in [-0.05, 0) is 42.2 Å². The van der Waals surface area contributed by atoms with Gasteiger partial charge < -0.3 is 15.0 Å².